The average Bonchev–Trinajstić information content (AvgIpc) is 3.05. The van der Waals surface area contributed by atoms with Crippen molar-refractivity contribution in [2.24, 2.45) is 5.10 Å². The molecule has 1 N–H and O–H groups in total. The fraction of sp³-hybridized carbons (Fsp3) is 0.231. The van der Waals surface area contributed by atoms with Gasteiger partial charge in [0.25, 0.3) is 5.91 Å². The standard InChI is InChI=1S/C26H27N5O/c1-6-31-19(5)23(18(4)30-31)15-27-29-26(32)22-14-25(20-12-11-16(2)13-17(20)3)28-24-10-8-7-9-21(22)24/h7-15H,6H2,1-5H3,(H,29,32)/b27-15+. The van der Waals surface area contributed by atoms with Gasteiger partial charge in [-0.2, -0.15) is 10.2 Å². The quantitative estimate of drug-likeness (QED) is 0.356. The van der Waals surface area contributed by atoms with Crippen molar-refractivity contribution >= 4 is 23.0 Å². The van der Waals surface area contributed by atoms with Gasteiger partial charge in [0, 0.05) is 28.8 Å². The third-order valence-electron chi connectivity index (χ3n) is 5.72. The number of hydrazone groups is 1. The van der Waals surface area contributed by atoms with Crippen LogP contribution in [0.25, 0.3) is 22.2 Å². The maximum absolute atomic E-state index is 13.1. The molecule has 0 unspecified atom stereocenters. The van der Waals surface area contributed by atoms with Gasteiger partial charge in [0.1, 0.15) is 0 Å². The number of fused-ring (bicyclic) bond motifs is 1. The minimum Gasteiger partial charge on any atom is -0.269 e. The Morgan fingerprint density at radius 3 is 2.59 bits per heavy atom. The molecule has 0 aliphatic rings. The van der Waals surface area contributed by atoms with E-state index >= 15 is 0 Å². The van der Waals surface area contributed by atoms with Crippen LogP contribution in [0.5, 0.6) is 0 Å². The van der Waals surface area contributed by atoms with Gasteiger partial charge in [-0.25, -0.2) is 10.4 Å². The van der Waals surface area contributed by atoms with Crippen molar-refractivity contribution in [1.29, 1.82) is 0 Å². The number of para-hydroxylation sites is 1. The van der Waals surface area contributed by atoms with Crippen molar-refractivity contribution < 1.29 is 4.79 Å². The van der Waals surface area contributed by atoms with Crippen molar-refractivity contribution in [3.63, 3.8) is 0 Å². The second-order valence-corrected chi connectivity index (χ2v) is 7.99. The molecule has 0 atom stereocenters. The first kappa shape index (κ1) is 21.4. The van der Waals surface area contributed by atoms with E-state index in [-0.39, 0.29) is 5.91 Å². The molecular formula is C26H27N5O. The molecule has 0 aliphatic heterocycles. The zero-order chi connectivity index (χ0) is 22.8. The minimum atomic E-state index is -0.274. The highest BCUT2D eigenvalue weighted by Gasteiger charge is 2.15. The number of aromatic nitrogens is 3. The van der Waals surface area contributed by atoms with E-state index in [0.29, 0.717) is 5.56 Å². The largest absolute Gasteiger partial charge is 0.272 e. The number of hydrogen-bond acceptors (Lipinski definition) is 4. The van der Waals surface area contributed by atoms with E-state index in [0.717, 1.165) is 51.2 Å². The minimum absolute atomic E-state index is 0.274. The third kappa shape index (κ3) is 4.04. The number of carbonyl (C=O) groups excluding carboxylic acids is 1. The van der Waals surface area contributed by atoms with Crippen molar-refractivity contribution in [2.45, 2.75) is 41.2 Å². The van der Waals surface area contributed by atoms with Crippen molar-refractivity contribution in [3.8, 4) is 11.3 Å². The van der Waals surface area contributed by atoms with Crippen LogP contribution in [0.1, 0.15) is 45.4 Å². The summed E-state index contributed by atoms with van der Waals surface area (Å²) in [5.74, 6) is -0.274. The number of amides is 1. The predicted octanol–water partition coefficient (Wildman–Crippen LogP) is 5.12. The first-order chi connectivity index (χ1) is 15.4. The molecule has 0 aliphatic carbocycles. The van der Waals surface area contributed by atoms with Crippen LogP contribution in [0.3, 0.4) is 0 Å². The number of hydrogen-bond donors (Lipinski definition) is 1. The van der Waals surface area contributed by atoms with E-state index in [1.54, 1.807) is 6.21 Å². The van der Waals surface area contributed by atoms with Gasteiger partial charge < -0.3 is 0 Å². The van der Waals surface area contributed by atoms with Gasteiger partial charge in [0.05, 0.1) is 28.7 Å². The summed E-state index contributed by atoms with van der Waals surface area (Å²) in [5, 5.41) is 9.51. The first-order valence-corrected chi connectivity index (χ1v) is 10.7. The Labute approximate surface area is 188 Å². The topological polar surface area (TPSA) is 72.2 Å². The van der Waals surface area contributed by atoms with Crippen molar-refractivity contribution in [3.05, 3.63) is 82.2 Å². The number of pyridine rings is 1. The Bertz CT molecular complexity index is 1350. The number of aryl methyl sites for hydroxylation is 4. The van der Waals surface area contributed by atoms with E-state index in [1.165, 1.54) is 5.56 Å². The lowest BCUT2D eigenvalue weighted by Crippen LogP contribution is -2.18. The highest BCUT2D eigenvalue weighted by atomic mass is 16.2. The lowest BCUT2D eigenvalue weighted by atomic mass is 9.99. The highest BCUT2D eigenvalue weighted by molar-refractivity contribution is 6.07. The van der Waals surface area contributed by atoms with Crippen LogP contribution in [0, 0.1) is 27.7 Å². The molecule has 6 heteroatoms. The van der Waals surface area contributed by atoms with Gasteiger partial charge in [-0.3, -0.25) is 9.48 Å². The Balaban J connectivity index is 1.70. The summed E-state index contributed by atoms with van der Waals surface area (Å²) in [5.41, 5.74) is 10.9. The molecule has 4 aromatic rings. The van der Waals surface area contributed by atoms with Crippen LogP contribution in [0.4, 0.5) is 0 Å². The SMILES string of the molecule is CCn1nc(C)c(/C=N/NC(=O)c2cc(-c3ccc(C)cc3C)nc3ccccc23)c1C. The molecule has 2 aromatic carbocycles. The summed E-state index contributed by atoms with van der Waals surface area (Å²) in [6.45, 7) is 10.9. The molecule has 0 bridgehead atoms. The Kier molecular flexibility index (Phi) is 5.86. The fourth-order valence-corrected chi connectivity index (χ4v) is 4.02. The normalized spacial score (nSPS) is 11.4. The summed E-state index contributed by atoms with van der Waals surface area (Å²) < 4.78 is 1.92. The van der Waals surface area contributed by atoms with E-state index in [9.17, 15) is 4.79 Å². The van der Waals surface area contributed by atoms with Gasteiger partial charge >= 0.3 is 0 Å². The summed E-state index contributed by atoms with van der Waals surface area (Å²) in [4.78, 5) is 17.9. The molecule has 0 radical (unpaired) electrons. The number of nitrogens with one attached hydrogen (secondary N) is 1. The maximum Gasteiger partial charge on any atom is 0.272 e. The number of carbonyl (C=O) groups is 1. The number of benzene rings is 2. The molecule has 0 saturated heterocycles. The maximum atomic E-state index is 13.1. The molecule has 0 saturated carbocycles. The molecule has 2 heterocycles. The van der Waals surface area contributed by atoms with Gasteiger partial charge in [0.2, 0.25) is 0 Å². The molecule has 2 aromatic heterocycles. The van der Waals surface area contributed by atoms with Crippen LogP contribution in [0.15, 0.2) is 53.6 Å². The summed E-state index contributed by atoms with van der Waals surface area (Å²) >= 11 is 0. The van der Waals surface area contributed by atoms with Gasteiger partial charge in [0.15, 0.2) is 0 Å². The van der Waals surface area contributed by atoms with E-state index in [4.69, 9.17) is 4.98 Å². The monoisotopic (exact) mass is 425 g/mol. The Morgan fingerprint density at radius 2 is 1.88 bits per heavy atom. The molecular weight excluding hydrogens is 398 g/mol. The second-order valence-electron chi connectivity index (χ2n) is 7.99. The van der Waals surface area contributed by atoms with Gasteiger partial charge in [-0.1, -0.05) is 42.0 Å². The zero-order valence-electron chi connectivity index (χ0n) is 19.1. The van der Waals surface area contributed by atoms with Crippen LogP contribution in [0.2, 0.25) is 0 Å². The number of rotatable bonds is 5. The molecule has 0 spiro atoms. The first-order valence-electron chi connectivity index (χ1n) is 10.7. The third-order valence-corrected chi connectivity index (χ3v) is 5.72. The molecule has 0 fully saturated rings. The van der Waals surface area contributed by atoms with E-state index in [2.05, 4.69) is 47.7 Å². The van der Waals surface area contributed by atoms with E-state index < -0.39 is 0 Å². The van der Waals surface area contributed by atoms with Crippen molar-refractivity contribution in [1.82, 2.24) is 20.2 Å². The van der Waals surface area contributed by atoms with Crippen LogP contribution >= 0.6 is 0 Å². The average molecular weight is 426 g/mol. The summed E-state index contributed by atoms with van der Waals surface area (Å²) in [7, 11) is 0. The highest BCUT2D eigenvalue weighted by Crippen LogP contribution is 2.27. The smallest absolute Gasteiger partial charge is 0.269 e. The number of nitrogens with zero attached hydrogens (tertiary/aromatic N) is 4. The second kappa shape index (κ2) is 8.75. The van der Waals surface area contributed by atoms with Gasteiger partial charge in [-0.15, -0.1) is 0 Å². The lowest BCUT2D eigenvalue weighted by Gasteiger charge is -2.11. The zero-order valence-corrected chi connectivity index (χ0v) is 19.1. The van der Waals surface area contributed by atoms with Crippen molar-refractivity contribution in [2.75, 3.05) is 0 Å². The van der Waals surface area contributed by atoms with Crippen LogP contribution < -0.4 is 5.43 Å². The molecule has 4 rings (SSSR count). The Morgan fingerprint density at radius 1 is 1.09 bits per heavy atom. The molecule has 162 valence electrons. The lowest BCUT2D eigenvalue weighted by molar-refractivity contribution is 0.0956. The molecule has 6 nitrogen and oxygen atoms in total. The molecule has 32 heavy (non-hydrogen) atoms. The molecule has 1 amide bonds. The summed E-state index contributed by atoms with van der Waals surface area (Å²) in [6, 6.07) is 15.8. The van der Waals surface area contributed by atoms with E-state index in [1.807, 2.05) is 55.8 Å². The predicted molar refractivity (Wildman–Crippen MR) is 129 cm³/mol. The summed E-state index contributed by atoms with van der Waals surface area (Å²) in [6.07, 6.45) is 1.66. The van der Waals surface area contributed by atoms with Crippen LogP contribution in [-0.2, 0) is 6.54 Å². The van der Waals surface area contributed by atoms with Crippen LogP contribution in [-0.4, -0.2) is 26.9 Å². The fourth-order valence-electron chi connectivity index (χ4n) is 4.02. The van der Waals surface area contributed by atoms with Gasteiger partial charge in [-0.05, 0) is 52.3 Å². The Hall–Kier alpha value is -3.80.